The Labute approximate surface area is 181 Å². The van der Waals surface area contributed by atoms with E-state index in [-0.39, 0.29) is 5.91 Å². The molecule has 0 atom stereocenters. The first-order valence-electron chi connectivity index (χ1n) is 10.0. The smallest absolute Gasteiger partial charge is 0.255 e. The van der Waals surface area contributed by atoms with Crippen molar-refractivity contribution in [3.8, 4) is 5.75 Å². The fraction of sp³-hybridized carbons (Fsp3) is 0.318. The maximum absolute atomic E-state index is 12.5. The topological polar surface area (TPSA) is 83.1 Å². The minimum atomic E-state index is -0.139. The van der Waals surface area contributed by atoms with Crippen LogP contribution in [0.25, 0.3) is 0 Å². The monoisotopic (exact) mass is 425 g/mol. The number of aromatic nitrogens is 3. The van der Waals surface area contributed by atoms with E-state index in [0.717, 1.165) is 47.5 Å². The van der Waals surface area contributed by atoms with Crippen LogP contribution in [0.5, 0.6) is 5.75 Å². The number of nitrogens with one attached hydrogen (secondary N) is 2. The largest absolute Gasteiger partial charge is 0.492 e. The van der Waals surface area contributed by atoms with Crippen molar-refractivity contribution in [2.75, 3.05) is 31.6 Å². The van der Waals surface area contributed by atoms with Gasteiger partial charge in [0.2, 0.25) is 0 Å². The average Bonchev–Trinajstić information content (AvgIpc) is 3.30. The molecular formula is C22H27N5O2S. The molecule has 3 aromatic rings. The van der Waals surface area contributed by atoms with Crippen molar-refractivity contribution in [3.63, 3.8) is 0 Å². The number of ether oxygens (including phenoxy) is 1. The van der Waals surface area contributed by atoms with Gasteiger partial charge in [-0.15, -0.1) is 0 Å². The molecule has 0 saturated heterocycles. The highest BCUT2D eigenvalue weighted by Gasteiger charge is 2.07. The second-order valence-corrected chi connectivity index (χ2v) is 7.59. The highest BCUT2D eigenvalue weighted by molar-refractivity contribution is 7.98. The van der Waals surface area contributed by atoms with Crippen LogP contribution in [-0.4, -0.2) is 52.2 Å². The number of H-pyrrole nitrogens is 1. The first kappa shape index (κ1) is 21.9. The van der Waals surface area contributed by atoms with Crippen LogP contribution in [0.4, 0.5) is 5.69 Å². The van der Waals surface area contributed by atoms with Gasteiger partial charge < -0.3 is 15.0 Å². The highest BCUT2D eigenvalue weighted by Crippen LogP contribution is 2.20. The molecule has 1 amide bonds. The molecule has 2 N–H and O–H groups in total. The number of carbonyl (C=O) groups is 1. The molecule has 158 valence electrons. The number of aromatic amines is 1. The van der Waals surface area contributed by atoms with Crippen molar-refractivity contribution in [1.82, 2.24) is 20.1 Å². The fourth-order valence-corrected chi connectivity index (χ4v) is 3.57. The van der Waals surface area contributed by atoms with E-state index in [4.69, 9.17) is 4.74 Å². The first-order valence-corrected chi connectivity index (χ1v) is 11.0. The zero-order valence-electron chi connectivity index (χ0n) is 17.3. The van der Waals surface area contributed by atoms with Crippen molar-refractivity contribution < 1.29 is 9.53 Å². The molecule has 0 aliphatic rings. The average molecular weight is 426 g/mol. The van der Waals surface area contributed by atoms with Gasteiger partial charge in [0.25, 0.3) is 5.91 Å². The van der Waals surface area contributed by atoms with E-state index in [1.807, 2.05) is 48.5 Å². The fourth-order valence-electron chi connectivity index (χ4n) is 2.84. The maximum atomic E-state index is 12.5. The Balaban J connectivity index is 1.46. The van der Waals surface area contributed by atoms with E-state index >= 15 is 0 Å². The van der Waals surface area contributed by atoms with Crippen LogP contribution in [0.3, 0.4) is 0 Å². The summed E-state index contributed by atoms with van der Waals surface area (Å²) in [6.45, 7) is 7.88. The highest BCUT2D eigenvalue weighted by atomic mass is 32.2. The summed E-state index contributed by atoms with van der Waals surface area (Å²) < 4.78 is 5.78. The Kier molecular flexibility index (Phi) is 8.29. The lowest BCUT2D eigenvalue weighted by atomic mass is 10.1. The number of hydrogen-bond donors (Lipinski definition) is 2. The SMILES string of the molecule is CCN(CC)CCOc1ccc(NC(=O)c2ccc(CSc3ncn[nH]3)cc2)cc1. The molecule has 1 aromatic heterocycles. The van der Waals surface area contributed by atoms with E-state index < -0.39 is 0 Å². The van der Waals surface area contributed by atoms with Gasteiger partial charge in [-0.3, -0.25) is 9.89 Å². The first-order chi connectivity index (χ1) is 14.7. The molecular weight excluding hydrogens is 398 g/mol. The Morgan fingerprint density at radius 2 is 1.83 bits per heavy atom. The molecule has 7 nitrogen and oxygen atoms in total. The third kappa shape index (κ3) is 6.60. The van der Waals surface area contributed by atoms with Crippen LogP contribution in [0.2, 0.25) is 0 Å². The number of carbonyl (C=O) groups excluding carboxylic acids is 1. The quantitative estimate of drug-likeness (QED) is 0.451. The third-order valence-electron chi connectivity index (χ3n) is 4.67. The van der Waals surface area contributed by atoms with Crippen molar-refractivity contribution >= 4 is 23.4 Å². The lowest BCUT2D eigenvalue weighted by Crippen LogP contribution is -2.27. The summed E-state index contributed by atoms with van der Waals surface area (Å²) in [5, 5.41) is 10.3. The molecule has 0 radical (unpaired) electrons. The predicted molar refractivity (Wildman–Crippen MR) is 120 cm³/mol. The number of likely N-dealkylation sites (N-methyl/N-ethyl adjacent to an activating group) is 1. The Bertz CT molecular complexity index is 894. The molecule has 2 aromatic carbocycles. The van der Waals surface area contributed by atoms with Gasteiger partial charge >= 0.3 is 0 Å². The molecule has 30 heavy (non-hydrogen) atoms. The third-order valence-corrected chi connectivity index (χ3v) is 5.62. The van der Waals surface area contributed by atoms with Gasteiger partial charge in [0.05, 0.1) is 0 Å². The van der Waals surface area contributed by atoms with Gasteiger partial charge in [0.1, 0.15) is 18.7 Å². The van der Waals surface area contributed by atoms with Gasteiger partial charge in [0, 0.05) is 23.5 Å². The Morgan fingerprint density at radius 1 is 1.10 bits per heavy atom. The maximum Gasteiger partial charge on any atom is 0.255 e. The van der Waals surface area contributed by atoms with E-state index in [2.05, 4.69) is 39.2 Å². The summed E-state index contributed by atoms with van der Waals surface area (Å²) >= 11 is 1.56. The molecule has 3 rings (SSSR count). The summed E-state index contributed by atoms with van der Waals surface area (Å²) in [7, 11) is 0. The summed E-state index contributed by atoms with van der Waals surface area (Å²) in [5.74, 6) is 1.42. The molecule has 0 aliphatic carbocycles. The van der Waals surface area contributed by atoms with E-state index in [9.17, 15) is 4.79 Å². The van der Waals surface area contributed by atoms with E-state index in [0.29, 0.717) is 12.2 Å². The van der Waals surface area contributed by atoms with Crippen LogP contribution in [-0.2, 0) is 5.75 Å². The standard InChI is InChI=1S/C22H27N5O2S/c1-3-27(4-2)13-14-29-20-11-9-19(10-12-20)25-21(28)18-7-5-17(6-8-18)15-30-22-23-16-24-26-22/h5-12,16H,3-4,13-15H2,1-2H3,(H,25,28)(H,23,24,26). The zero-order valence-corrected chi connectivity index (χ0v) is 18.1. The number of benzene rings is 2. The molecule has 0 spiro atoms. The molecule has 0 saturated carbocycles. The zero-order chi connectivity index (χ0) is 21.2. The molecule has 0 bridgehead atoms. The van der Waals surface area contributed by atoms with Crippen molar-refractivity contribution in [1.29, 1.82) is 0 Å². The van der Waals surface area contributed by atoms with Crippen molar-refractivity contribution in [3.05, 3.63) is 66.0 Å². The lowest BCUT2D eigenvalue weighted by molar-refractivity contribution is 0.102. The van der Waals surface area contributed by atoms with Gasteiger partial charge in [-0.2, -0.15) is 5.10 Å². The minimum Gasteiger partial charge on any atom is -0.492 e. The van der Waals surface area contributed by atoms with Crippen LogP contribution in [0.1, 0.15) is 29.8 Å². The Hall–Kier alpha value is -2.84. The summed E-state index contributed by atoms with van der Waals surface area (Å²) in [6.07, 6.45) is 1.49. The lowest BCUT2D eigenvalue weighted by Gasteiger charge is -2.18. The minimum absolute atomic E-state index is 0.139. The number of hydrogen-bond acceptors (Lipinski definition) is 6. The molecule has 8 heteroatoms. The van der Waals surface area contributed by atoms with Gasteiger partial charge in [-0.05, 0) is 55.1 Å². The number of anilines is 1. The summed E-state index contributed by atoms with van der Waals surface area (Å²) in [5.41, 5.74) is 2.46. The normalized spacial score (nSPS) is 10.9. The van der Waals surface area contributed by atoms with Crippen LogP contribution < -0.4 is 10.1 Å². The van der Waals surface area contributed by atoms with Crippen LogP contribution in [0.15, 0.2) is 60.0 Å². The summed E-state index contributed by atoms with van der Waals surface area (Å²) in [4.78, 5) is 18.9. The number of amides is 1. The molecule has 1 heterocycles. The number of nitrogens with zero attached hydrogens (tertiary/aromatic N) is 3. The second kappa shape index (κ2) is 11.4. The van der Waals surface area contributed by atoms with E-state index in [1.165, 1.54) is 6.33 Å². The van der Waals surface area contributed by atoms with Crippen LogP contribution in [0, 0.1) is 0 Å². The van der Waals surface area contributed by atoms with Crippen molar-refractivity contribution in [2.45, 2.75) is 24.8 Å². The van der Waals surface area contributed by atoms with Crippen molar-refractivity contribution in [2.24, 2.45) is 0 Å². The predicted octanol–water partition coefficient (Wildman–Crippen LogP) is 4.07. The molecule has 0 unspecified atom stereocenters. The van der Waals surface area contributed by atoms with E-state index in [1.54, 1.807) is 11.8 Å². The van der Waals surface area contributed by atoms with Gasteiger partial charge in [0.15, 0.2) is 5.16 Å². The second-order valence-electron chi connectivity index (χ2n) is 6.63. The number of thioether (sulfide) groups is 1. The van der Waals surface area contributed by atoms with Gasteiger partial charge in [-0.1, -0.05) is 37.7 Å². The van der Waals surface area contributed by atoms with Gasteiger partial charge in [-0.25, -0.2) is 4.98 Å². The van der Waals surface area contributed by atoms with Crippen LogP contribution >= 0.6 is 11.8 Å². The molecule has 0 fully saturated rings. The Morgan fingerprint density at radius 3 is 2.47 bits per heavy atom. The molecule has 0 aliphatic heterocycles. The summed E-state index contributed by atoms with van der Waals surface area (Å²) in [6, 6.07) is 15.0. The number of rotatable bonds is 11.